The number of hydrogen-bond acceptors (Lipinski definition) is 2. The predicted molar refractivity (Wildman–Crippen MR) is 79.5 cm³/mol. The summed E-state index contributed by atoms with van der Waals surface area (Å²) in [5, 5.41) is 3.23. The molecule has 20 heavy (non-hydrogen) atoms. The average molecular weight is 268 g/mol. The van der Waals surface area contributed by atoms with Crippen molar-refractivity contribution in [2.45, 2.75) is 19.0 Å². The van der Waals surface area contributed by atoms with Crippen LogP contribution >= 0.6 is 0 Å². The predicted octanol–water partition coefficient (Wildman–Crippen LogP) is 3.51. The van der Waals surface area contributed by atoms with Gasteiger partial charge in [0.1, 0.15) is 5.82 Å². The SMILES string of the molecule is CC(N)c1ccc(C2NC=Cc3ccccc32)c(F)c1. The number of halogens is 1. The number of nitrogens with two attached hydrogens (primary N) is 1. The number of nitrogens with one attached hydrogen (secondary N) is 1. The molecule has 0 aromatic heterocycles. The Morgan fingerprint density at radius 1 is 1.15 bits per heavy atom. The van der Waals surface area contributed by atoms with Crippen molar-refractivity contribution in [3.8, 4) is 0 Å². The van der Waals surface area contributed by atoms with Gasteiger partial charge in [0.05, 0.1) is 6.04 Å². The lowest BCUT2D eigenvalue weighted by Crippen LogP contribution is -2.22. The Kier molecular flexibility index (Phi) is 3.28. The van der Waals surface area contributed by atoms with Gasteiger partial charge in [-0.1, -0.05) is 36.4 Å². The molecule has 2 aromatic carbocycles. The lowest BCUT2D eigenvalue weighted by atomic mass is 9.91. The van der Waals surface area contributed by atoms with Crippen LogP contribution in [0, 0.1) is 5.82 Å². The average Bonchev–Trinajstić information content (AvgIpc) is 2.46. The van der Waals surface area contributed by atoms with Crippen molar-refractivity contribution in [3.63, 3.8) is 0 Å². The minimum Gasteiger partial charge on any atom is -0.380 e. The fourth-order valence-corrected chi connectivity index (χ4v) is 2.57. The van der Waals surface area contributed by atoms with Gasteiger partial charge in [-0.25, -0.2) is 4.39 Å². The van der Waals surface area contributed by atoms with Crippen LogP contribution in [0.25, 0.3) is 6.08 Å². The molecule has 1 aliphatic heterocycles. The zero-order valence-electron chi connectivity index (χ0n) is 11.3. The second-order valence-electron chi connectivity index (χ2n) is 5.13. The lowest BCUT2D eigenvalue weighted by molar-refractivity contribution is 0.578. The molecule has 1 aliphatic rings. The van der Waals surface area contributed by atoms with Gasteiger partial charge in [-0.2, -0.15) is 0 Å². The van der Waals surface area contributed by atoms with Crippen LogP contribution in [0.15, 0.2) is 48.7 Å². The first-order valence-electron chi connectivity index (χ1n) is 6.73. The third-order valence-electron chi connectivity index (χ3n) is 3.69. The maximum atomic E-state index is 14.4. The molecule has 0 aliphatic carbocycles. The summed E-state index contributed by atoms with van der Waals surface area (Å²) >= 11 is 0. The molecule has 2 aromatic rings. The minimum absolute atomic E-state index is 0.154. The highest BCUT2D eigenvalue weighted by atomic mass is 19.1. The highest BCUT2D eigenvalue weighted by Crippen LogP contribution is 2.31. The summed E-state index contributed by atoms with van der Waals surface area (Å²) in [6.07, 6.45) is 3.87. The molecule has 102 valence electrons. The number of rotatable bonds is 2. The molecule has 3 N–H and O–H groups in total. The van der Waals surface area contributed by atoms with Crippen LogP contribution in [0.4, 0.5) is 4.39 Å². The molecule has 2 atom stereocenters. The van der Waals surface area contributed by atoms with Crippen LogP contribution in [0.1, 0.15) is 41.3 Å². The third kappa shape index (κ3) is 2.21. The Labute approximate surface area is 118 Å². The fourth-order valence-electron chi connectivity index (χ4n) is 2.57. The molecule has 0 saturated heterocycles. The molecule has 3 rings (SSSR count). The smallest absolute Gasteiger partial charge is 0.129 e. The van der Waals surface area contributed by atoms with Gasteiger partial charge in [-0.3, -0.25) is 0 Å². The zero-order valence-corrected chi connectivity index (χ0v) is 11.3. The van der Waals surface area contributed by atoms with Gasteiger partial charge in [0.25, 0.3) is 0 Å². The zero-order chi connectivity index (χ0) is 14.1. The Morgan fingerprint density at radius 3 is 2.70 bits per heavy atom. The van der Waals surface area contributed by atoms with E-state index in [0.29, 0.717) is 5.56 Å². The van der Waals surface area contributed by atoms with Crippen molar-refractivity contribution in [2.24, 2.45) is 5.73 Å². The number of fused-ring (bicyclic) bond motifs is 1. The lowest BCUT2D eigenvalue weighted by Gasteiger charge is -2.25. The quantitative estimate of drug-likeness (QED) is 0.874. The van der Waals surface area contributed by atoms with Gasteiger partial charge >= 0.3 is 0 Å². The molecule has 0 radical (unpaired) electrons. The second-order valence-corrected chi connectivity index (χ2v) is 5.13. The van der Waals surface area contributed by atoms with Crippen molar-refractivity contribution in [1.82, 2.24) is 5.32 Å². The van der Waals surface area contributed by atoms with Gasteiger partial charge in [0, 0.05) is 11.6 Å². The van der Waals surface area contributed by atoms with E-state index in [2.05, 4.69) is 5.32 Å². The van der Waals surface area contributed by atoms with Gasteiger partial charge in [0.2, 0.25) is 0 Å². The van der Waals surface area contributed by atoms with E-state index in [-0.39, 0.29) is 17.9 Å². The fraction of sp³-hybridized carbons (Fsp3) is 0.176. The highest BCUT2D eigenvalue weighted by Gasteiger charge is 2.21. The first kappa shape index (κ1) is 12.9. The van der Waals surface area contributed by atoms with Gasteiger partial charge in [-0.05, 0) is 42.0 Å². The maximum absolute atomic E-state index is 14.4. The molecule has 0 fully saturated rings. The molecular weight excluding hydrogens is 251 g/mol. The van der Waals surface area contributed by atoms with Gasteiger partial charge in [0.15, 0.2) is 0 Å². The van der Waals surface area contributed by atoms with Crippen molar-refractivity contribution >= 4 is 6.08 Å². The van der Waals surface area contributed by atoms with E-state index >= 15 is 0 Å². The molecule has 2 nitrogen and oxygen atoms in total. The van der Waals surface area contributed by atoms with Crippen LogP contribution in [0.3, 0.4) is 0 Å². The van der Waals surface area contributed by atoms with E-state index in [9.17, 15) is 4.39 Å². The Bertz CT molecular complexity index is 662. The summed E-state index contributed by atoms with van der Waals surface area (Å²) < 4.78 is 14.4. The van der Waals surface area contributed by atoms with E-state index < -0.39 is 0 Å². The molecule has 1 heterocycles. The summed E-state index contributed by atoms with van der Waals surface area (Å²) in [6, 6.07) is 12.9. The van der Waals surface area contributed by atoms with E-state index in [4.69, 9.17) is 5.73 Å². The number of benzene rings is 2. The molecule has 0 spiro atoms. The van der Waals surface area contributed by atoms with Crippen LogP contribution in [-0.4, -0.2) is 0 Å². The summed E-state index contributed by atoms with van der Waals surface area (Å²) in [5.74, 6) is -0.220. The van der Waals surface area contributed by atoms with Crippen molar-refractivity contribution in [3.05, 3.63) is 76.7 Å². The first-order chi connectivity index (χ1) is 9.66. The second kappa shape index (κ2) is 5.10. The van der Waals surface area contributed by atoms with Crippen LogP contribution in [-0.2, 0) is 0 Å². The molecular formula is C17H17FN2. The summed E-state index contributed by atoms with van der Waals surface area (Å²) in [6.45, 7) is 1.85. The normalized spacial score (nSPS) is 18.2. The molecule has 0 bridgehead atoms. The van der Waals surface area contributed by atoms with E-state index in [0.717, 1.165) is 16.7 Å². The van der Waals surface area contributed by atoms with Crippen LogP contribution in [0.2, 0.25) is 0 Å². The highest BCUT2D eigenvalue weighted by molar-refractivity contribution is 5.59. The number of hydrogen-bond donors (Lipinski definition) is 2. The molecule has 0 amide bonds. The van der Waals surface area contributed by atoms with Crippen molar-refractivity contribution < 1.29 is 4.39 Å². The first-order valence-corrected chi connectivity index (χ1v) is 6.73. The van der Waals surface area contributed by atoms with Crippen LogP contribution < -0.4 is 11.1 Å². The van der Waals surface area contributed by atoms with Gasteiger partial charge in [-0.15, -0.1) is 0 Å². The Morgan fingerprint density at radius 2 is 1.95 bits per heavy atom. The minimum atomic E-state index is -0.220. The molecule has 3 heteroatoms. The summed E-state index contributed by atoms with van der Waals surface area (Å²) in [7, 11) is 0. The van der Waals surface area contributed by atoms with Crippen molar-refractivity contribution in [2.75, 3.05) is 0 Å². The topological polar surface area (TPSA) is 38.0 Å². The Hall–Kier alpha value is -2.13. The third-order valence-corrected chi connectivity index (χ3v) is 3.69. The molecule has 0 saturated carbocycles. The van der Waals surface area contributed by atoms with Crippen molar-refractivity contribution in [1.29, 1.82) is 0 Å². The van der Waals surface area contributed by atoms with Gasteiger partial charge < -0.3 is 11.1 Å². The largest absolute Gasteiger partial charge is 0.380 e. The summed E-state index contributed by atoms with van der Waals surface area (Å²) in [4.78, 5) is 0. The van der Waals surface area contributed by atoms with E-state index in [1.807, 2.05) is 55.6 Å². The van der Waals surface area contributed by atoms with E-state index in [1.165, 1.54) is 6.07 Å². The Balaban J connectivity index is 2.04. The monoisotopic (exact) mass is 268 g/mol. The maximum Gasteiger partial charge on any atom is 0.129 e. The molecule has 2 unspecified atom stereocenters. The van der Waals surface area contributed by atoms with E-state index in [1.54, 1.807) is 0 Å². The summed E-state index contributed by atoms with van der Waals surface area (Å²) in [5.41, 5.74) is 9.45. The standard InChI is InChI=1S/C17H17FN2/c1-11(19)13-6-7-15(16(18)10-13)17-14-5-3-2-4-12(14)8-9-20-17/h2-11,17,20H,19H2,1H3. The van der Waals surface area contributed by atoms with Crippen LogP contribution in [0.5, 0.6) is 0 Å².